The Morgan fingerprint density at radius 2 is 1.56 bits per heavy atom. The second kappa shape index (κ2) is 16.0. The summed E-state index contributed by atoms with van der Waals surface area (Å²) >= 11 is 0. The summed E-state index contributed by atoms with van der Waals surface area (Å²) < 4.78 is 53.8. The minimum atomic E-state index is -4.19. The monoisotopic (exact) mass is 553 g/mol. The normalized spacial score (nSPS) is 12.3. The third kappa shape index (κ3) is 12.4. The summed E-state index contributed by atoms with van der Waals surface area (Å²) in [5.74, 6) is 0.218. The van der Waals surface area contributed by atoms with E-state index >= 15 is 0 Å². The molecule has 0 bridgehead atoms. The van der Waals surface area contributed by atoms with Gasteiger partial charge in [-0.2, -0.15) is 13.2 Å². The first-order valence-electron chi connectivity index (χ1n) is 13.2. The molecular weight excluding hydrogens is 515 g/mol. The van der Waals surface area contributed by atoms with Crippen LogP contribution in [0.2, 0.25) is 0 Å². The van der Waals surface area contributed by atoms with E-state index in [-0.39, 0.29) is 32.5 Å². The second-order valence-electron chi connectivity index (χ2n) is 9.48. The number of benzene rings is 2. The minimum Gasteiger partial charge on any atom is -0.492 e. The molecule has 2 rings (SSSR count). The summed E-state index contributed by atoms with van der Waals surface area (Å²) in [7, 11) is 0. The van der Waals surface area contributed by atoms with Gasteiger partial charge in [-0.1, -0.05) is 44.5 Å². The van der Waals surface area contributed by atoms with Crippen molar-refractivity contribution in [3.8, 4) is 11.5 Å². The van der Waals surface area contributed by atoms with Gasteiger partial charge in [-0.3, -0.25) is 0 Å². The molecule has 39 heavy (non-hydrogen) atoms. The number of aliphatic carboxylic acids is 1. The van der Waals surface area contributed by atoms with Gasteiger partial charge in [0.15, 0.2) is 6.10 Å². The van der Waals surface area contributed by atoms with Crippen molar-refractivity contribution in [2.24, 2.45) is 0 Å². The number of hydrogen-bond donors (Lipinski definition) is 1. The van der Waals surface area contributed by atoms with Crippen molar-refractivity contribution >= 4 is 12.1 Å². The number of carbonyl (C=O) groups is 2. The molecular formula is C29H38F3NO6. The molecule has 216 valence electrons. The zero-order chi connectivity index (χ0) is 28.8. The van der Waals surface area contributed by atoms with Crippen molar-refractivity contribution in [3.63, 3.8) is 0 Å². The van der Waals surface area contributed by atoms with Gasteiger partial charge in [0.05, 0.1) is 6.54 Å². The third-order valence-corrected chi connectivity index (χ3v) is 6.02. The predicted molar refractivity (Wildman–Crippen MR) is 141 cm³/mol. The Hall–Kier alpha value is -3.27. The summed E-state index contributed by atoms with van der Waals surface area (Å²) in [6.07, 6.45) is -5.63. The molecule has 1 N–H and O–H groups in total. The van der Waals surface area contributed by atoms with E-state index in [2.05, 4.69) is 13.8 Å². The number of nitrogens with zero attached hydrogens (tertiary/aromatic N) is 1. The van der Waals surface area contributed by atoms with E-state index in [0.717, 1.165) is 11.1 Å². The lowest BCUT2D eigenvalue weighted by molar-refractivity contribution is -0.150. The van der Waals surface area contributed by atoms with Crippen LogP contribution in [0.4, 0.5) is 18.0 Å². The van der Waals surface area contributed by atoms with Crippen LogP contribution in [0.15, 0.2) is 48.5 Å². The lowest BCUT2D eigenvalue weighted by Gasteiger charge is -2.22. The molecule has 2 aromatic rings. The van der Waals surface area contributed by atoms with Crippen molar-refractivity contribution in [1.29, 1.82) is 0 Å². The number of hydrogen-bond acceptors (Lipinski definition) is 5. The summed E-state index contributed by atoms with van der Waals surface area (Å²) in [5.41, 5.74) is 1.88. The van der Waals surface area contributed by atoms with Gasteiger partial charge < -0.3 is 24.2 Å². The Bertz CT molecular complexity index is 1010. The number of alkyl halides is 3. The minimum absolute atomic E-state index is 0.00205. The summed E-state index contributed by atoms with van der Waals surface area (Å²) in [4.78, 5) is 25.6. The summed E-state index contributed by atoms with van der Waals surface area (Å²) in [6, 6.07) is 14.1. The molecule has 0 heterocycles. The molecule has 7 nitrogen and oxygen atoms in total. The first-order valence-corrected chi connectivity index (χ1v) is 13.2. The van der Waals surface area contributed by atoms with Gasteiger partial charge in [-0.15, -0.1) is 0 Å². The zero-order valence-electron chi connectivity index (χ0n) is 22.7. The first-order chi connectivity index (χ1) is 18.5. The lowest BCUT2D eigenvalue weighted by Crippen LogP contribution is -2.37. The average Bonchev–Trinajstić information content (AvgIpc) is 2.87. The molecule has 2 aromatic carbocycles. The van der Waals surface area contributed by atoms with Crippen molar-refractivity contribution in [1.82, 2.24) is 4.90 Å². The maximum atomic E-state index is 12.9. The van der Waals surface area contributed by atoms with Crippen LogP contribution in [0.1, 0.15) is 63.5 Å². The number of carboxylic acid groups (broad SMARTS) is 1. The van der Waals surface area contributed by atoms with Gasteiger partial charge in [0, 0.05) is 26.0 Å². The van der Waals surface area contributed by atoms with E-state index in [4.69, 9.17) is 14.2 Å². The number of amides is 1. The highest BCUT2D eigenvalue weighted by Gasteiger charge is 2.26. The fourth-order valence-electron chi connectivity index (χ4n) is 3.81. The van der Waals surface area contributed by atoms with Gasteiger partial charge in [0.1, 0.15) is 18.1 Å². The van der Waals surface area contributed by atoms with Crippen LogP contribution in [0.25, 0.3) is 0 Å². The third-order valence-electron chi connectivity index (χ3n) is 6.02. The van der Waals surface area contributed by atoms with Gasteiger partial charge in [-0.05, 0) is 61.1 Å². The average molecular weight is 554 g/mol. The fraction of sp³-hybridized carbons (Fsp3) is 0.517. The van der Waals surface area contributed by atoms with Gasteiger partial charge in [0.2, 0.25) is 0 Å². The van der Waals surface area contributed by atoms with Crippen LogP contribution in [-0.2, 0) is 16.0 Å². The van der Waals surface area contributed by atoms with Crippen molar-refractivity contribution in [2.45, 2.75) is 71.1 Å². The molecule has 1 amide bonds. The van der Waals surface area contributed by atoms with Crippen LogP contribution in [0.3, 0.4) is 0 Å². The highest BCUT2D eigenvalue weighted by Crippen LogP contribution is 2.23. The number of halogens is 3. The lowest BCUT2D eigenvalue weighted by atomic mass is 10.0. The van der Waals surface area contributed by atoms with E-state index in [1.165, 1.54) is 4.90 Å². The number of rotatable bonds is 16. The number of carboxylic acids is 1. The van der Waals surface area contributed by atoms with Gasteiger partial charge >= 0.3 is 18.2 Å². The molecule has 0 aliphatic carbocycles. The largest absolute Gasteiger partial charge is 0.492 e. The smallest absolute Gasteiger partial charge is 0.415 e. The molecule has 1 atom stereocenters. The molecule has 0 saturated heterocycles. The molecule has 10 heteroatoms. The SMILES string of the molecule is CCOC(Cc1ccc(OCCN(CCCCCC(F)(F)F)C(=O)Oc2ccc(C(C)C)cc2)cc1)C(=O)O. The van der Waals surface area contributed by atoms with E-state index in [1.54, 1.807) is 43.3 Å². The van der Waals surface area contributed by atoms with E-state index in [1.807, 2.05) is 12.1 Å². The highest BCUT2D eigenvalue weighted by atomic mass is 19.4. The first kappa shape index (κ1) is 31.9. The number of carbonyl (C=O) groups excluding carboxylic acids is 1. The van der Waals surface area contributed by atoms with E-state index in [9.17, 15) is 27.9 Å². The number of unbranched alkanes of at least 4 members (excludes halogenated alkanes) is 2. The van der Waals surface area contributed by atoms with Crippen LogP contribution in [0.5, 0.6) is 11.5 Å². The highest BCUT2D eigenvalue weighted by molar-refractivity contribution is 5.72. The maximum Gasteiger partial charge on any atom is 0.415 e. The predicted octanol–water partition coefficient (Wildman–Crippen LogP) is 6.84. The molecule has 0 aliphatic heterocycles. The Balaban J connectivity index is 1.94. The molecule has 0 radical (unpaired) electrons. The van der Waals surface area contributed by atoms with Crippen molar-refractivity contribution in [3.05, 3.63) is 59.7 Å². The molecule has 0 spiro atoms. The summed E-state index contributed by atoms with van der Waals surface area (Å²) in [5, 5.41) is 9.25. The van der Waals surface area contributed by atoms with Crippen LogP contribution < -0.4 is 9.47 Å². The van der Waals surface area contributed by atoms with E-state index < -0.39 is 30.8 Å². The fourth-order valence-corrected chi connectivity index (χ4v) is 3.81. The van der Waals surface area contributed by atoms with Crippen LogP contribution >= 0.6 is 0 Å². The van der Waals surface area contributed by atoms with Crippen LogP contribution in [0, 0.1) is 0 Å². The zero-order valence-corrected chi connectivity index (χ0v) is 22.7. The van der Waals surface area contributed by atoms with Crippen molar-refractivity contribution in [2.75, 3.05) is 26.3 Å². The summed E-state index contributed by atoms with van der Waals surface area (Å²) in [6.45, 7) is 6.69. The Morgan fingerprint density at radius 1 is 0.923 bits per heavy atom. The Kier molecular flexibility index (Phi) is 13.1. The number of ether oxygens (including phenoxy) is 3. The topological polar surface area (TPSA) is 85.3 Å². The van der Waals surface area contributed by atoms with Gasteiger partial charge in [0.25, 0.3) is 0 Å². The molecule has 1 unspecified atom stereocenters. The van der Waals surface area contributed by atoms with Crippen LogP contribution in [-0.4, -0.2) is 60.7 Å². The molecule has 0 fully saturated rings. The molecule has 0 aliphatic rings. The molecule has 0 saturated carbocycles. The Morgan fingerprint density at radius 3 is 2.13 bits per heavy atom. The Labute approximate surface area is 227 Å². The second-order valence-corrected chi connectivity index (χ2v) is 9.48. The molecule has 0 aromatic heterocycles. The quantitative estimate of drug-likeness (QED) is 0.229. The maximum absolute atomic E-state index is 12.9. The van der Waals surface area contributed by atoms with Gasteiger partial charge in [-0.25, -0.2) is 9.59 Å². The van der Waals surface area contributed by atoms with Crippen molar-refractivity contribution < 1.29 is 42.1 Å². The standard InChI is InChI=1S/C29H38F3NO6/c1-4-37-26(27(34)35)20-22-8-12-24(13-9-22)38-19-18-33(17-7-5-6-16-29(30,31)32)28(36)39-25-14-10-23(11-15-25)21(2)3/h8-15,21,26H,4-7,16-20H2,1-3H3,(H,34,35). The van der Waals surface area contributed by atoms with E-state index in [0.29, 0.717) is 36.9 Å².